The first kappa shape index (κ1) is 25.4. The summed E-state index contributed by atoms with van der Waals surface area (Å²) in [4.78, 5) is 32.2. The Morgan fingerprint density at radius 3 is 2.37 bits per heavy atom. The van der Waals surface area contributed by atoms with E-state index in [1.165, 1.54) is 0 Å². The molecule has 0 aliphatic heterocycles. The lowest BCUT2D eigenvalue weighted by molar-refractivity contribution is -0.137. The zero-order valence-electron chi connectivity index (χ0n) is 20.1. The molecule has 0 saturated carbocycles. The first-order valence-corrected chi connectivity index (χ1v) is 13.2. The number of hydrogen-bond donors (Lipinski definition) is 3. The largest absolute Gasteiger partial charge is 0.481 e. The van der Waals surface area contributed by atoms with Crippen LogP contribution in [-0.4, -0.2) is 27.1 Å². The maximum atomic E-state index is 12.4. The van der Waals surface area contributed by atoms with Crippen molar-refractivity contribution in [2.75, 3.05) is 10.6 Å². The van der Waals surface area contributed by atoms with Crippen LogP contribution in [0.4, 0.5) is 16.2 Å². The molecule has 2 heterocycles. The Bertz CT molecular complexity index is 1600. The van der Waals surface area contributed by atoms with Crippen molar-refractivity contribution in [3.63, 3.8) is 0 Å². The summed E-state index contributed by atoms with van der Waals surface area (Å²) in [5.74, 6) is -0.771. The number of carbonyl (C=O) groups excluding carboxylic acids is 1. The van der Waals surface area contributed by atoms with E-state index in [9.17, 15) is 9.59 Å². The average Bonchev–Trinajstić information content (AvgIpc) is 3.34. The van der Waals surface area contributed by atoms with E-state index in [4.69, 9.17) is 16.7 Å². The van der Waals surface area contributed by atoms with Crippen LogP contribution in [0.3, 0.4) is 0 Å². The first-order valence-electron chi connectivity index (χ1n) is 11.9. The zero-order chi connectivity index (χ0) is 26.5. The monoisotopic (exact) mass is 542 g/mol. The summed E-state index contributed by atoms with van der Waals surface area (Å²) in [6.45, 7) is 0. The number of amides is 2. The number of nitrogens with one attached hydrogen (secondary N) is 2. The number of aliphatic carboxylic acids is 1. The molecule has 190 valence electrons. The number of carboxylic acid groups (broad SMARTS) is 1. The number of aromatic nitrogens is 2. The molecule has 0 saturated heterocycles. The molecule has 5 aromatic rings. The Balaban J connectivity index is 1.31. The number of fused-ring (bicyclic) bond motifs is 1. The second kappa shape index (κ2) is 11.4. The number of rotatable bonds is 8. The molecule has 0 atom stereocenters. The molecule has 0 aliphatic rings. The van der Waals surface area contributed by atoms with E-state index in [1.807, 2.05) is 48.5 Å². The van der Waals surface area contributed by atoms with Crippen molar-refractivity contribution < 1.29 is 14.7 Å². The molecule has 0 aliphatic carbocycles. The van der Waals surface area contributed by atoms with Gasteiger partial charge in [-0.3, -0.25) is 4.79 Å². The van der Waals surface area contributed by atoms with Crippen molar-refractivity contribution in [2.45, 2.75) is 19.3 Å². The van der Waals surface area contributed by atoms with Gasteiger partial charge < -0.3 is 15.7 Å². The van der Waals surface area contributed by atoms with E-state index in [0.29, 0.717) is 22.8 Å². The number of carboxylic acids is 1. The van der Waals surface area contributed by atoms with Gasteiger partial charge in [-0.25, -0.2) is 14.8 Å². The maximum absolute atomic E-state index is 12.4. The van der Waals surface area contributed by atoms with Gasteiger partial charge in [0.2, 0.25) is 0 Å². The lowest BCUT2D eigenvalue weighted by Gasteiger charge is -2.09. The second-order valence-corrected chi connectivity index (χ2v) is 9.98. The second-order valence-electron chi connectivity index (χ2n) is 8.66. The van der Waals surface area contributed by atoms with Crippen LogP contribution in [0.15, 0.2) is 84.5 Å². The molecule has 7 nitrogen and oxygen atoms in total. The number of hydrogen-bond acceptors (Lipinski definition) is 5. The highest BCUT2D eigenvalue weighted by molar-refractivity contribution is 7.18. The highest BCUT2D eigenvalue weighted by Gasteiger charge is 2.14. The van der Waals surface area contributed by atoms with Crippen molar-refractivity contribution in [1.82, 2.24) is 9.97 Å². The molecule has 3 aromatic carbocycles. The van der Waals surface area contributed by atoms with Gasteiger partial charge in [-0.05, 0) is 54.3 Å². The van der Waals surface area contributed by atoms with Crippen molar-refractivity contribution in [1.29, 1.82) is 0 Å². The maximum Gasteiger partial charge on any atom is 0.323 e. The summed E-state index contributed by atoms with van der Waals surface area (Å²) < 4.78 is 0.979. The molecule has 5 rings (SSSR count). The third-order valence-corrected chi connectivity index (χ3v) is 7.18. The number of halogens is 1. The molecular formula is C29H23ClN4O3S. The standard InChI is InChI=1S/C29H23ClN4O3S/c30-21-4-2-5-23(15-21)34-29(37)33-22-13-11-20(12-14-22)26-28-27(32-17-31-26)24(16-38-28)19-9-7-18(8-10-19)3-1-6-25(35)36/h2,4-5,7-17H,1,3,6H2,(H,35,36)(H2,33,34,37). The van der Waals surface area contributed by atoms with Crippen LogP contribution in [0.5, 0.6) is 0 Å². The van der Waals surface area contributed by atoms with E-state index in [-0.39, 0.29) is 12.5 Å². The summed E-state index contributed by atoms with van der Waals surface area (Å²) in [6.07, 6.45) is 3.09. The Morgan fingerprint density at radius 1 is 0.895 bits per heavy atom. The highest BCUT2D eigenvalue weighted by Crippen LogP contribution is 2.37. The lowest BCUT2D eigenvalue weighted by Crippen LogP contribution is -2.19. The Labute approximate surface area is 228 Å². The van der Waals surface area contributed by atoms with Crippen LogP contribution in [-0.2, 0) is 11.2 Å². The fourth-order valence-electron chi connectivity index (χ4n) is 4.13. The predicted molar refractivity (Wildman–Crippen MR) is 153 cm³/mol. The molecule has 2 amide bonds. The summed E-state index contributed by atoms with van der Waals surface area (Å²) >= 11 is 7.56. The predicted octanol–water partition coefficient (Wildman–Crippen LogP) is 7.73. The van der Waals surface area contributed by atoms with Crippen LogP contribution in [0, 0.1) is 0 Å². The number of thiophene rings is 1. The molecule has 0 bridgehead atoms. The lowest BCUT2D eigenvalue weighted by atomic mass is 10.0. The van der Waals surface area contributed by atoms with Crippen LogP contribution in [0.1, 0.15) is 18.4 Å². The SMILES string of the molecule is O=C(O)CCCc1ccc(-c2csc3c(-c4ccc(NC(=O)Nc5cccc(Cl)c5)cc4)ncnc23)cc1. The minimum atomic E-state index is -0.771. The number of anilines is 2. The van der Waals surface area contributed by atoms with E-state index < -0.39 is 5.97 Å². The highest BCUT2D eigenvalue weighted by atomic mass is 35.5. The topological polar surface area (TPSA) is 104 Å². The van der Waals surface area contributed by atoms with Crippen molar-refractivity contribution in [2.24, 2.45) is 0 Å². The molecule has 0 spiro atoms. The van der Waals surface area contributed by atoms with E-state index in [2.05, 4.69) is 26.0 Å². The molecule has 0 fully saturated rings. The average molecular weight is 543 g/mol. The molecule has 38 heavy (non-hydrogen) atoms. The van der Waals surface area contributed by atoms with Gasteiger partial charge in [-0.15, -0.1) is 11.3 Å². The molecule has 0 radical (unpaired) electrons. The van der Waals surface area contributed by atoms with Gasteiger partial charge in [0, 0.05) is 39.3 Å². The number of carbonyl (C=O) groups is 2. The summed E-state index contributed by atoms with van der Waals surface area (Å²) in [7, 11) is 0. The number of aryl methyl sites for hydroxylation is 1. The van der Waals surface area contributed by atoms with Crippen molar-refractivity contribution in [3.8, 4) is 22.4 Å². The third kappa shape index (κ3) is 5.99. The molecular weight excluding hydrogens is 520 g/mol. The Hall–Kier alpha value is -4.27. The minimum absolute atomic E-state index is 0.171. The van der Waals surface area contributed by atoms with Gasteiger partial charge in [0.25, 0.3) is 0 Å². The van der Waals surface area contributed by atoms with Gasteiger partial charge in [-0.1, -0.05) is 54.1 Å². The summed E-state index contributed by atoms with van der Waals surface area (Å²) in [5.41, 5.74) is 7.06. The third-order valence-electron chi connectivity index (χ3n) is 5.97. The molecule has 9 heteroatoms. The van der Waals surface area contributed by atoms with Gasteiger partial charge in [0.05, 0.1) is 15.9 Å². The Morgan fingerprint density at radius 2 is 1.63 bits per heavy atom. The first-order chi connectivity index (χ1) is 18.5. The zero-order valence-corrected chi connectivity index (χ0v) is 21.7. The van der Waals surface area contributed by atoms with Crippen LogP contribution < -0.4 is 10.6 Å². The van der Waals surface area contributed by atoms with E-state index in [0.717, 1.165) is 44.6 Å². The van der Waals surface area contributed by atoms with E-state index >= 15 is 0 Å². The normalized spacial score (nSPS) is 10.9. The van der Waals surface area contributed by atoms with Crippen LogP contribution in [0.25, 0.3) is 32.6 Å². The smallest absolute Gasteiger partial charge is 0.323 e. The van der Waals surface area contributed by atoms with Crippen molar-refractivity contribution in [3.05, 3.63) is 95.1 Å². The summed E-state index contributed by atoms with van der Waals surface area (Å²) in [5, 5.41) is 17.0. The van der Waals surface area contributed by atoms with E-state index in [1.54, 1.807) is 41.9 Å². The molecule has 2 aromatic heterocycles. The number of nitrogens with zero attached hydrogens (tertiary/aromatic N) is 2. The van der Waals surface area contributed by atoms with Gasteiger partial charge in [0.15, 0.2) is 0 Å². The number of benzene rings is 3. The van der Waals surface area contributed by atoms with Gasteiger partial charge in [-0.2, -0.15) is 0 Å². The molecule has 0 unspecified atom stereocenters. The van der Waals surface area contributed by atoms with Crippen molar-refractivity contribution >= 4 is 56.5 Å². The van der Waals surface area contributed by atoms with Crippen LogP contribution >= 0.6 is 22.9 Å². The fraction of sp³-hybridized carbons (Fsp3) is 0.103. The number of urea groups is 1. The van der Waals surface area contributed by atoms with Crippen LogP contribution in [0.2, 0.25) is 5.02 Å². The van der Waals surface area contributed by atoms with Gasteiger partial charge >= 0.3 is 12.0 Å². The molecule has 3 N–H and O–H groups in total. The summed E-state index contributed by atoms with van der Waals surface area (Å²) in [6, 6.07) is 22.3. The fourth-order valence-corrected chi connectivity index (χ4v) is 5.36. The van der Waals surface area contributed by atoms with Gasteiger partial charge in [0.1, 0.15) is 6.33 Å². The minimum Gasteiger partial charge on any atom is -0.481 e. The Kier molecular flexibility index (Phi) is 7.62. The quantitative estimate of drug-likeness (QED) is 0.186.